The zero-order chi connectivity index (χ0) is 19.6. The normalized spacial score (nSPS) is 11.2. The Morgan fingerprint density at radius 1 is 0.897 bits per heavy atom. The number of para-hydroxylation sites is 1. The Hall–Kier alpha value is -3.66. The van der Waals surface area contributed by atoms with Gasteiger partial charge in [0.25, 0.3) is 0 Å². The van der Waals surface area contributed by atoms with Crippen molar-refractivity contribution in [3.8, 4) is 17.1 Å². The molecule has 4 nitrogen and oxygen atoms in total. The van der Waals surface area contributed by atoms with Gasteiger partial charge in [-0.2, -0.15) is 0 Å². The number of aryl methyl sites for hydroxylation is 1. The molecule has 0 saturated carbocycles. The van der Waals surface area contributed by atoms with E-state index in [2.05, 4.69) is 58.9 Å². The maximum absolute atomic E-state index is 6.11. The number of benzene rings is 2. The molecule has 0 saturated heterocycles. The van der Waals surface area contributed by atoms with Crippen LogP contribution < -0.4 is 4.74 Å². The van der Waals surface area contributed by atoms with E-state index in [0.29, 0.717) is 6.61 Å². The lowest BCUT2D eigenvalue weighted by Gasteiger charge is -2.10. The number of nitrogens with zero attached hydrogens (tertiary/aromatic N) is 3. The summed E-state index contributed by atoms with van der Waals surface area (Å²) in [6.45, 7) is 2.67. The van der Waals surface area contributed by atoms with Crippen LogP contribution in [0.1, 0.15) is 18.1 Å². The lowest BCUT2D eigenvalue weighted by Crippen LogP contribution is -1.97. The Bertz CT molecular complexity index is 1290. The summed E-state index contributed by atoms with van der Waals surface area (Å²) < 4.78 is 8.19. The first-order chi connectivity index (χ1) is 14.3. The van der Waals surface area contributed by atoms with Crippen LogP contribution in [-0.2, 0) is 13.0 Å². The fourth-order valence-corrected chi connectivity index (χ4v) is 3.55. The third-order valence-corrected chi connectivity index (χ3v) is 5.17. The Morgan fingerprint density at radius 2 is 1.79 bits per heavy atom. The van der Waals surface area contributed by atoms with Crippen LogP contribution in [-0.4, -0.2) is 14.4 Å². The molecule has 0 bridgehead atoms. The molecular formula is C25H21N3O. The van der Waals surface area contributed by atoms with E-state index >= 15 is 0 Å². The topological polar surface area (TPSA) is 39.4 Å². The van der Waals surface area contributed by atoms with E-state index < -0.39 is 0 Å². The maximum Gasteiger partial charge on any atom is 0.146 e. The molecule has 5 aromatic rings. The van der Waals surface area contributed by atoms with Crippen molar-refractivity contribution in [3.63, 3.8) is 0 Å². The molecule has 0 aliphatic heterocycles. The minimum Gasteiger partial charge on any atom is -0.487 e. The molecule has 5 rings (SSSR count). The zero-order valence-corrected chi connectivity index (χ0v) is 16.2. The SMILES string of the molecule is CCc1ccn2c(-c3ccc4cccc(OCc5ccccc5)c4n3)cnc2c1. The van der Waals surface area contributed by atoms with Crippen molar-refractivity contribution < 1.29 is 4.74 Å². The van der Waals surface area contributed by atoms with Gasteiger partial charge in [-0.25, -0.2) is 9.97 Å². The minimum absolute atomic E-state index is 0.515. The third-order valence-electron chi connectivity index (χ3n) is 5.17. The Labute approximate surface area is 169 Å². The van der Waals surface area contributed by atoms with Gasteiger partial charge in [-0.05, 0) is 41.8 Å². The smallest absolute Gasteiger partial charge is 0.146 e. The predicted molar refractivity (Wildman–Crippen MR) is 116 cm³/mol. The first-order valence-electron chi connectivity index (χ1n) is 9.84. The first kappa shape index (κ1) is 17.4. The van der Waals surface area contributed by atoms with Gasteiger partial charge in [0, 0.05) is 11.6 Å². The number of imidazole rings is 1. The van der Waals surface area contributed by atoms with Crippen LogP contribution >= 0.6 is 0 Å². The summed E-state index contributed by atoms with van der Waals surface area (Å²) in [6.07, 6.45) is 4.95. The summed E-state index contributed by atoms with van der Waals surface area (Å²) in [6, 6.07) is 24.6. The van der Waals surface area contributed by atoms with E-state index in [9.17, 15) is 0 Å². The highest BCUT2D eigenvalue weighted by Crippen LogP contribution is 2.28. The fourth-order valence-electron chi connectivity index (χ4n) is 3.55. The van der Waals surface area contributed by atoms with Gasteiger partial charge in [-0.1, -0.05) is 55.5 Å². The van der Waals surface area contributed by atoms with E-state index in [0.717, 1.165) is 45.7 Å². The van der Waals surface area contributed by atoms with Crippen molar-refractivity contribution in [1.29, 1.82) is 0 Å². The number of ether oxygens (including phenoxy) is 1. The average molecular weight is 379 g/mol. The van der Waals surface area contributed by atoms with Gasteiger partial charge < -0.3 is 4.74 Å². The van der Waals surface area contributed by atoms with Crippen molar-refractivity contribution in [2.24, 2.45) is 0 Å². The second-order valence-electron chi connectivity index (χ2n) is 7.06. The second-order valence-corrected chi connectivity index (χ2v) is 7.06. The molecule has 142 valence electrons. The van der Waals surface area contributed by atoms with E-state index in [1.807, 2.05) is 42.6 Å². The Balaban J connectivity index is 1.54. The van der Waals surface area contributed by atoms with E-state index in [1.165, 1.54) is 5.56 Å². The highest BCUT2D eigenvalue weighted by Gasteiger charge is 2.11. The summed E-state index contributed by atoms with van der Waals surface area (Å²) in [5.41, 5.74) is 6.07. The van der Waals surface area contributed by atoms with Crippen LogP contribution in [0.3, 0.4) is 0 Å². The standard InChI is InChI=1S/C25H21N3O/c1-2-18-13-14-28-22(16-26-24(28)15-18)21-12-11-20-9-6-10-23(25(20)27-21)29-17-19-7-4-3-5-8-19/h3-16H,2,17H2,1H3. The Morgan fingerprint density at radius 3 is 2.66 bits per heavy atom. The number of aromatic nitrogens is 3. The number of hydrogen-bond donors (Lipinski definition) is 0. The molecule has 0 spiro atoms. The van der Waals surface area contributed by atoms with Gasteiger partial charge >= 0.3 is 0 Å². The molecule has 3 aromatic heterocycles. The molecule has 0 radical (unpaired) electrons. The van der Waals surface area contributed by atoms with Gasteiger partial charge in [0.15, 0.2) is 0 Å². The first-order valence-corrected chi connectivity index (χ1v) is 9.84. The molecular weight excluding hydrogens is 358 g/mol. The monoisotopic (exact) mass is 379 g/mol. The molecule has 29 heavy (non-hydrogen) atoms. The minimum atomic E-state index is 0.515. The van der Waals surface area contributed by atoms with Gasteiger partial charge in [-0.3, -0.25) is 4.40 Å². The lowest BCUT2D eigenvalue weighted by atomic mass is 10.1. The van der Waals surface area contributed by atoms with Crippen LogP contribution in [0.15, 0.2) is 85.2 Å². The van der Waals surface area contributed by atoms with Gasteiger partial charge in [0.1, 0.15) is 23.5 Å². The molecule has 0 atom stereocenters. The molecule has 0 aliphatic carbocycles. The largest absolute Gasteiger partial charge is 0.487 e. The van der Waals surface area contributed by atoms with Crippen molar-refractivity contribution in [2.75, 3.05) is 0 Å². The van der Waals surface area contributed by atoms with Gasteiger partial charge in [0.2, 0.25) is 0 Å². The summed E-state index contributed by atoms with van der Waals surface area (Å²) in [5, 5.41) is 1.06. The van der Waals surface area contributed by atoms with Gasteiger partial charge in [-0.15, -0.1) is 0 Å². The highest BCUT2D eigenvalue weighted by molar-refractivity contribution is 5.86. The number of hydrogen-bond acceptors (Lipinski definition) is 3. The average Bonchev–Trinajstić information content (AvgIpc) is 3.21. The number of fused-ring (bicyclic) bond motifs is 2. The predicted octanol–water partition coefficient (Wildman–Crippen LogP) is 5.69. The summed E-state index contributed by atoms with van der Waals surface area (Å²) >= 11 is 0. The van der Waals surface area contributed by atoms with E-state index in [1.54, 1.807) is 0 Å². The summed E-state index contributed by atoms with van der Waals surface area (Å²) in [5.74, 6) is 0.787. The number of pyridine rings is 2. The van der Waals surface area contributed by atoms with Crippen molar-refractivity contribution in [1.82, 2.24) is 14.4 Å². The summed E-state index contributed by atoms with van der Waals surface area (Å²) in [4.78, 5) is 9.51. The third kappa shape index (κ3) is 3.34. The van der Waals surface area contributed by atoms with Gasteiger partial charge in [0.05, 0.1) is 17.6 Å². The zero-order valence-electron chi connectivity index (χ0n) is 16.2. The van der Waals surface area contributed by atoms with Crippen molar-refractivity contribution in [3.05, 3.63) is 96.3 Å². The molecule has 0 fully saturated rings. The molecule has 0 amide bonds. The van der Waals surface area contributed by atoms with E-state index in [-0.39, 0.29) is 0 Å². The summed E-state index contributed by atoms with van der Waals surface area (Å²) in [7, 11) is 0. The van der Waals surface area contributed by atoms with Crippen LogP contribution in [0.2, 0.25) is 0 Å². The molecule has 2 aromatic carbocycles. The fraction of sp³-hybridized carbons (Fsp3) is 0.120. The number of rotatable bonds is 5. The molecule has 3 heterocycles. The van der Waals surface area contributed by atoms with Crippen LogP contribution in [0, 0.1) is 0 Å². The van der Waals surface area contributed by atoms with Crippen molar-refractivity contribution >= 4 is 16.6 Å². The molecule has 0 N–H and O–H groups in total. The Kier molecular flexibility index (Phi) is 4.45. The molecule has 0 unspecified atom stereocenters. The quantitative estimate of drug-likeness (QED) is 0.394. The van der Waals surface area contributed by atoms with Crippen LogP contribution in [0.5, 0.6) is 5.75 Å². The molecule has 0 aliphatic rings. The second kappa shape index (κ2) is 7.40. The lowest BCUT2D eigenvalue weighted by molar-refractivity contribution is 0.309. The van der Waals surface area contributed by atoms with E-state index in [4.69, 9.17) is 9.72 Å². The maximum atomic E-state index is 6.11. The van der Waals surface area contributed by atoms with Crippen LogP contribution in [0.25, 0.3) is 27.9 Å². The van der Waals surface area contributed by atoms with Crippen LogP contribution in [0.4, 0.5) is 0 Å². The van der Waals surface area contributed by atoms with Crippen molar-refractivity contribution in [2.45, 2.75) is 20.0 Å². The highest BCUT2D eigenvalue weighted by atomic mass is 16.5. The molecule has 4 heteroatoms.